The van der Waals surface area contributed by atoms with Crippen LogP contribution < -0.4 is 0 Å². The quantitative estimate of drug-likeness (QED) is 0.439. The molecule has 0 saturated heterocycles. The van der Waals surface area contributed by atoms with Crippen LogP contribution in [0.3, 0.4) is 0 Å². The molecule has 0 aromatic rings. The van der Waals surface area contributed by atoms with Crippen LogP contribution >= 0.6 is 0 Å². The van der Waals surface area contributed by atoms with Crippen molar-refractivity contribution in [3.63, 3.8) is 0 Å². The smallest absolute Gasteiger partial charge is 0.0883 e. The van der Waals surface area contributed by atoms with Crippen LogP contribution in [0, 0.1) is 0 Å². The van der Waals surface area contributed by atoms with Crippen LogP contribution in [0.5, 0.6) is 0 Å². The molecule has 0 aromatic heterocycles. The molecule has 0 aliphatic carbocycles. The molecule has 0 aliphatic heterocycles. The maximum absolute atomic E-state index is 8.80. The lowest BCUT2D eigenvalue weighted by Crippen LogP contribution is -1.76. The second kappa shape index (κ2) is 4.44. The molecule has 0 spiro atoms. The van der Waals surface area contributed by atoms with E-state index in [1.165, 1.54) is 0 Å². The molecule has 0 atom stereocenters. The van der Waals surface area contributed by atoms with Crippen molar-refractivity contribution >= 4 is 0 Å². The van der Waals surface area contributed by atoms with Crippen LogP contribution in [0.15, 0.2) is 24.5 Å². The van der Waals surface area contributed by atoms with Crippen LogP contribution in [0.4, 0.5) is 0 Å². The Morgan fingerprint density at radius 2 is 2.38 bits per heavy atom. The predicted octanol–water partition coefficient (Wildman–Crippen LogP) is 2.41. The van der Waals surface area contributed by atoms with Crippen LogP contribution in [0.1, 0.15) is 19.8 Å². The van der Waals surface area contributed by atoms with Crippen molar-refractivity contribution in [1.82, 2.24) is 0 Å². The van der Waals surface area contributed by atoms with Gasteiger partial charge in [0.05, 0.1) is 5.76 Å². The molecule has 8 heavy (non-hydrogen) atoms. The molecule has 0 unspecified atom stereocenters. The summed E-state index contributed by atoms with van der Waals surface area (Å²) in [5.41, 5.74) is 0. The van der Waals surface area contributed by atoms with Crippen LogP contribution in [0.25, 0.3) is 0 Å². The van der Waals surface area contributed by atoms with Gasteiger partial charge in [-0.05, 0) is 19.4 Å². The molecule has 0 rings (SSSR count). The zero-order valence-corrected chi connectivity index (χ0v) is 5.22. The minimum atomic E-state index is 0.449. The van der Waals surface area contributed by atoms with Gasteiger partial charge in [0.1, 0.15) is 0 Å². The maximum atomic E-state index is 8.80. The van der Waals surface area contributed by atoms with E-state index >= 15 is 0 Å². The van der Waals surface area contributed by atoms with Gasteiger partial charge in [-0.15, -0.1) is 6.58 Å². The fraction of sp³-hybridized carbons (Fsp3) is 0.429. The third-order valence-electron chi connectivity index (χ3n) is 0.938. The highest BCUT2D eigenvalue weighted by molar-refractivity contribution is 4.89. The first-order valence-corrected chi connectivity index (χ1v) is 2.76. The second-order valence-corrected chi connectivity index (χ2v) is 1.61. The topological polar surface area (TPSA) is 20.2 Å². The molecule has 1 heteroatoms. The van der Waals surface area contributed by atoms with E-state index < -0.39 is 0 Å². The second-order valence-electron chi connectivity index (χ2n) is 1.61. The Morgan fingerprint density at radius 1 is 1.75 bits per heavy atom. The lowest BCUT2D eigenvalue weighted by Gasteiger charge is -1.91. The number of aliphatic hydroxyl groups is 1. The minimum absolute atomic E-state index is 0.449. The van der Waals surface area contributed by atoms with Crippen molar-refractivity contribution in [3.05, 3.63) is 24.5 Å². The average Bonchev–Trinajstić information content (AvgIpc) is 1.83. The fourth-order valence-corrected chi connectivity index (χ4v) is 0.394. The number of aliphatic hydroxyl groups excluding tert-OH is 1. The summed E-state index contributed by atoms with van der Waals surface area (Å²) in [5.74, 6) is 0.449. The van der Waals surface area contributed by atoms with Crippen molar-refractivity contribution in [2.75, 3.05) is 0 Å². The van der Waals surface area contributed by atoms with Crippen molar-refractivity contribution in [1.29, 1.82) is 0 Å². The van der Waals surface area contributed by atoms with E-state index in [1.54, 1.807) is 12.2 Å². The molecule has 0 saturated carbocycles. The largest absolute Gasteiger partial charge is 0.513 e. The van der Waals surface area contributed by atoms with Crippen LogP contribution in [-0.4, -0.2) is 5.11 Å². The third kappa shape index (κ3) is 3.47. The first kappa shape index (κ1) is 7.28. The van der Waals surface area contributed by atoms with Gasteiger partial charge in [-0.1, -0.05) is 6.08 Å². The van der Waals surface area contributed by atoms with E-state index in [1.807, 2.05) is 6.92 Å². The molecule has 46 valence electrons. The molecule has 0 heterocycles. The zero-order chi connectivity index (χ0) is 6.41. The summed E-state index contributed by atoms with van der Waals surface area (Å²) in [7, 11) is 0. The van der Waals surface area contributed by atoms with Crippen LogP contribution in [0.2, 0.25) is 0 Å². The number of hydrogen-bond donors (Lipinski definition) is 1. The molecule has 0 aliphatic rings. The standard InChI is InChI=1S/C7H12O/c1-3-5-6-7(8)4-2/h3-4,8H,1,5-6H2,2H3/b7-4-. The average molecular weight is 112 g/mol. The van der Waals surface area contributed by atoms with E-state index in [-0.39, 0.29) is 0 Å². The highest BCUT2D eigenvalue weighted by Gasteiger charge is 1.84. The fourth-order valence-electron chi connectivity index (χ4n) is 0.394. The summed E-state index contributed by atoms with van der Waals surface area (Å²) in [6.07, 6.45) is 5.07. The van der Waals surface area contributed by atoms with Gasteiger partial charge in [0, 0.05) is 6.42 Å². The van der Waals surface area contributed by atoms with Crippen molar-refractivity contribution in [3.8, 4) is 0 Å². The normalized spacial score (nSPS) is 11.4. The van der Waals surface area contributed by atoms with Gasteiger partial charge in [0.25, 0.3) is 0 Å². The lowest BCUT2D eigenvalue weighted by atomic mass is 10.2. The Hall–Kier alpha value is -0.720. The number of rotatable bonds is 3. The highest BCUT2D eigenvalue weighted by Crippen LogP contribution is 1.99. The Bertz CT molecular complexity index is 92.6. The zero-order valence-electron chi connectivity index (χ0n) is 5.22. The van der Waals surface area contributed by atoms with Gasteiger partial charge in [0.2, 0.25) is 0 Å². The molecule has 1 nitrogen and oxygen atoms in total. The van der Waals surface area contributed by atoms with E-state index in [0.717, 1.165) is 12.8 Å². The summed E-state index contributed by atoms with van der Waals surface area (Å²) in [4.78, 5) is 0. The van der Waals surface area contributed by atoms with E-state index in [4.69, 9.17) is 5.11 Å². The summed E-state index contributed by atoms with van der Waals surface area (Å²) < 4.78 is 0. The molecular weight excluding hydrogens is 100 g/mol. The number of hydrogen-bond acceptors (Lipinski definition) is 1. The third-order valence-corrected chi connectivity index (χ3v) is 0.938. The Morgan fingerprint density at radius 3 is 2.75 bits per heavy atom. The summed E-state index contributed by atoms with van der Waals surface area (Å²) in [5, 5.41) is 8.80. The number of allylic oxidation sites excluding steroid dienone is 3. The Kier molecular flexibility index (Phi) is 4.04. The maximum Gasteiger partial charge on any atom is 0.0883 e. The molecule has 1 N–H and O–H groups in total. The molecule has 0 fully saturated rings. The van der Waals surface area contributed by atoms with Gasteiger partial charge in [-0.25, -0.2) is 0 Å². The van der Waals surface area contributed by atoms with Crippen molar-refractivity contribution in [2.45, 2.75) is 19.8 Å². The van der Waals surface area contributed by atoms with Gasteiger partial charge < -0.3 is 5.11 Å². The summed E-state index contributed by atoms with van der Waals surface area (Å²) in [6, 6.07) is 0. The molecule has 0 radical (unpaired) electrons. The SMILES string of the molecule is C=CCC/C(O)=C/C. The summed E-state index contributed by atoms with van der Waals surface area (Å²) >= 11 is 0. The molecule has 0 amide bonds. The molecular formula is C7H12O. The van der Waals surface area contributed by atoms with Crippen molar-refractivity contribution in [2.24, 2.45) is 0 Å². The van der Waals surface area contributed by atoms with E-state index in [9.17, 15) is 0 Å². The van der Waals surface area contributed by atoms with Gasteiger partial charge in [-0.3, -0.25) is 0 Å². The molecule has 0 bridgehead atoms. The monoisotopic (exact) mass is 112 g/mol. The Labute approximate surface area is 50.3 Å². The Balaban J connectivity index is 3.24. The van der Waals surface area contributed by atoms with Crippen molar-refractivity contribution < 1.29 is 5.11 Å². The van der Waals surface area contributed by atoms with E-state index in [2.05, 4.69) is 6.58 Å². The molecule has 0 aromatic carbocycles. The van der Waals surface area contributed by atoms with Gasteiger partial charge in [0.15, 0.2) is 0 Å². The first-order valence-electron chi connectivity index (χ1n) is 2.76. The van der Waals surface area contributed by atoms with Gasteiger partial charge >= 0.3 is 0 Å². The first-order chi connectivity index (χ1) is 3.81. The lowest BCUT2D eigenvalue weighted by molar-refractivity contribution is 0.388. The predicted molar refractivity (Wildman–Crippen MR) is 35.8 cm³/mol. The minimum Gasteiger partial charge on any atom is -0.513 e. The highest BCUT2D eigenvalue weighted by atomic mass is 16.3. The van der Waals surface area contributed by atoms with E-state index in [0.29, 0.717) is 5.76 Å². The van der Waals surface area contributed by atoms with Gasteiger partial charge in [-0.2, -0.15) is 0 Å². The van der Waals surface area contributed by atoms with Crippen LogP contribution in [-0.2, 0) is 0 Å². The summed E-state index contributed by atoms with van der Waals surface area (Å²) in [6.45, 7) is 5.35.